The predicted octanol–water partition coefficient (Wildman–Crippen LogP) is 2.51. The first-order valence-electron chi connectivity index (χ1n) is 6.94. The Morgan fingerprint density at radius 1 is 1.42 bits per heavy atom. The molecule has 10 heteroatoms. The van der Waals surface area contributed by atoms with Crippen molar-refractivity contribution in [2.45, 2.75) is 18.7 Å². The first-order chi connectivity index (χ1) is 11.6. The van der Waals surface area contributed by atoms with Crippen LogP contribution in [-0.2, 0) is 11.3 Å². The smallest absolute Gasteiger partial charge is 0.277 e. The van der Waals surface area contributed by atoms with E-state index in [-0.39, 0.29) is 11.7 Å². The molecule has 0 saturated heterocycles. The summed E-state index contributed by atoms with van der Waals surface area (Å²) in [6, 6.07) is 5.67. The zero-order valence-electron chi connectivity index (χ0n) is 12.6. The summed E-state index contributed by atoms with van der Waals surface area (Å²) in [6.07, 6.45) is 2.99. The number of nitrogens with zero attached hydrogens (tertiary/aromatic N) is 5. The van der Waals surface area contributed by atoms with Crippen LogP contribution < -0.4 is 5.32 Å². The molecule has 0 spiro atoms. The number of benzene rings is 1. The van der Waals surface area contributed by atoms with Crippen molar-refractivity contribution in [2.24, 2.45) is 0 Å². The lowest BCUT2D eigenvalue weighted by atomic mass is 10.2. The van der Waals surface area contributed by atoms with Gasteiger partial charge in [0.2, 0.25) is 11.8 Å². The number of anilines is 1. The van der Waals surface area contributed by atoms with Gasteiger partial charge in [0.25, 0.3) is 5.22 Å². The summed E-state index contributed by atoms with van der Waals surface area (Å²) in [5, 5.41) is 15.0. The van der Waals surface area contributed by atoms with E-state index >= 15 is 0 Å². The second-order valence-electron chi connectivity index (χ2n) is 4.85. The van der Waals surface area contributed by atoms with Gasteiger partial charge < -0.3 is 9.73 Å². The minimum Gasteiger partial charge on any atom is -0.414 e. The van der Waals surface area contributed by atoms with Gasteiger partial charge in [-0.2, -0.15) is 5.10 Å². The fourth-order valence-corrected chi connectivity index (χ4v) is 2.95. The molecule has 0 bridgehead atoms. The summed E-state index contributed by atoms with van der Waals surface area (Å²) in [6.45, 7) is 2.28. The average Bonchev–Trinajstić information content (AvgIpc) is 3.20. The third-order valence-electron chi connectivity index (χ3n) is 3.00. The fourth-order valence-electron chi connectivity index (χ4n) is 1.89. The Morgan fingerprint density at radius 3 is 3.04 bits per heavy atom. The second kappa shape index (κ2) is 7.58. The van der Waals surface area contributed by atoms with Crippen LogP contribution in [0.4, 0.5) is 5.69 Å². The number of aromatic nitrogens is 5. The highest BCUT2D eigenvalue weighted by Crippen LogP contribution is 2.21. The number of nitrogens with one attached hydrogen (secondary N) is 1. The van der Waals surface area contributed by atoms with Crippen LogP contribution in [0.1, 0.15) is 11.5 Å². The zero-order valence-corrected chi connectivity index (χ0v) is 15.0. The minimum atomic E-state index is -0.138. The van der Waals surface area contributed by atoms with Crippen LogP contribution in [0, 0.1) is 6.92 Å². The number of amides is 1. The number of aryl methyl sites for hydroxylation is 1. The van der Waals surface area contributed by atoms with Crippen LogP contribution in [0.3, 0.4) is 0 Å². The third-order valence-corrected chi connectivity index (χ3v) is 4.31. The van der Waals surface area contributed by atoms with Crippen molar-refractivity contribution in [3.8, 4) is 0 Å². The van der Waals surface area contributed by atoms with Gasteiger partial charge in [0.05, 0.1) is 5.75 Å². The van der Waals surface area contributed by atoms with E-state index in [1.54, 1.807) is 11.0 Å². The normalized spacial score (nSPS) is 10.8. The molecule has 24 heavy (non-hydrogen) atoms. The molecule has 1 N–H and O–H groups in total. The summed E-state index contributed by atoms with van der Waals surface area (Å²) >= 11 is 4.58. The highest BCUT2D eigenvalue weighted by molar-refractivity contribution is 9.10. The molecular formula is C14H13BrN6O2S. The molecule has 0 aliphatic rings. The van der Waals surface area contributed by atoms with Gasteiger partial charge in [-0.3, -0.25) is 4.79 Å². The molecule has 2 heterocycles. The van der Waals surface area contributed by atoms with Crippen molar-refractivity contribution in [3.05, 3.63) is 46.8 Å². The van der Waals surface area contributed by atoms with Crippen LogP contribution in [0.25, 0.3) is 0 Å². The Kier molecular flexibility index (Phi) is 5.26. The quantitative estimate of drug-likeness (QED) is 0.625. The molecule has 0 atom stereocenters. The highest BCUT2D eigenvalue weighted by atomic mass is 79.9. The Bertz CT molecular complexity index is 836. The van der Waals surface area contributed by atoms with Gasteiger partial charge >= 0.3 is 0 Å². The van der Waals surface area contributed by atoms with E-state index in [2.05, 4.69) is 41.5 Å². The standard InChI is InChI=1S/C14H13BrN6O2S/c1-9-4-10(15)2-3-11(9)18-12(22)6-24-14-20-19-13(23-14)5-21-8-16-7-17-21/h2-4,7-8H,5-6H2,1H3,(H,18,22). The monoisotopic (exact) mass is 408 g/mol. The molecule has 0 fully saturated rings. The van der Waals surface area contributed by atoms with Gasteiger partial charge in [-0.1, -0.05) is 27.7 Å². The summed E-state index contributed by atoms with van der Waals surface area (Å²) < 4.78 is 8.01. The molecule has 0 saturated carbocycles. The fraction of sp³-hybridized carbons (Fsp3) is 0.214. The van der Waals surface area contributed by atoms with Crippen molar-refractivity contribution in [3.63, 3.8) is 0 Å². The SMILES string of the molecule is Cc1cc(Br)ccc1NC(=O)CSc1nnc(Cn2cncn2)o1. The van der Waals surface area contributed by atoms with Gasteiger partial charge in [-0.05, 0) is 30.7 Å². The predicted molar refractivity (Wildman–Crippen MR) is 91.7 cm³/mol. The van der Waals surface area contributed by atoms with Crippen LogP contribution in [0.2, 0.25) is 0 Å². The third kappa shape index (κ3) is 4.42. The molecule has 3 aromatic rings. The van der Waals surface area contributed by atoms with Crippen LogP contribution in [0.5, 0.6) is 0 Å². The van der Waals surface area contributed by atoms with Crippen molar-refractivity contribution in [1.82, 2.24) is 25.0 Å². The molecule has 2 aromatic heterocycles. The van der Waals surface area contributed by atoms with Crippen LogP contribution in [-0.4, -0.2) is 36.6 Å². The van der Waals surface area contributed by atoms with Gasteiger partial charge in [-0.15, -0.1) is 10.2 Å². The number of carbonyl (C=O) groups excluding carboxylic acids is 1. The Balaban J connectivity index is 1.52. The first-order valence-corrected chi connectivity index (χ1v) is 8.71. The Labute approximate surface area is 150 Å². The summed E-state index contributed by atoms with van der Waals surface area (Å²) in [5.74, 6) is 0.453. The summed E-state index contributed by atoms with van der Waals surface area (Å²) in [5.41, 5.74) is 1.76. The van der Waals surface area contributed by atoms with Crippen LogP contribution in [0.15, 0.2) is 45.0 Å². The summed E-state index contributed by atoms with van der Waals surface area (Å²) in [7, 11) is 0. The van der Waals surface area contributed by atoms with Crippen LogP contribution >= 0.6 is 27.7 Å². The molecule has 3 rings (SSSR count). The molecule has 0 radical (unpaired) electrons. The molecule has 1 amide bonds. The van der Waals surface area contributed by atoms with Gasteiger partial charge in [-0.25, -0.2) is 9.67 Å². The zero-order chi connectivity index (χ0) is 16.9. The molecule has 1 aromatic carbocycles. The van der Waals surface area contributed by atoms with Crippen molar-refractivity contribution in [2.75, 3.05) is 11.1 Å². The van der Waals surface area contributed by atoms with Gasteiger partial charge in [0.15, 0.2) is 0 Å². The number of rotatable bonds is 6. The topological polar surface area (TPSA) is 98.7 Å². The van der Waals surface area contributed by atoms with E-state index in [1.165, 1.54) is 18.1 Å². The molecule has 0 aliphatic carbocycles. The maximum atomic E-state index is 12.0. The molecule has 0 aliphatic heterocycles. The first kappa shape index (κ1) is 16.7. The Morgan fingerprint density at radius 2 is 2.29 bits per heavy atom. The van der Waals surface area contributed by atoms with Crippen molar-refractivity contribution < 1.29 is 9.21 Å². The van der Waals surface area contributed by atoms with E-state index in [4.69, 9.17) is 4.42 Å². The van der Waals surface area contributed by atoms with E-state index in [0.717, 1.165) is 15.7 Å². The van der Waals surface area contributed by atoms with E-state index in [1.807, 2.05) is 25.1 Å². The lowest BCUT2D eigenvalue weighted by Gasteiger charge is -2.07. The molecule has 8 nitrogen and oxygen atoms in total. The number of halogens is 1. The average molecular weight is 409 g/mol. The number of hydrogen-bond donors (Lipinski definition) is 1. The van der Waals surface area contributed by atoms with E-state index < -0.39 is 0 Å². The Hall–Kier alpha value is -2.20. The van der Waals surface area contributed by atoms with Crippen molar-refractivity contribution in [1.29, 1.82) is 0 Å². The molecule has 0 unspecified atom stereocenters. The highest BCUT2D eigenvalue weighted by Gasteiger charge is 2.11. The maximum Gasteiger partial charge on any atom is 0.277 e. The summed E-state index contributed by atoms with van der Waals surface area (Å²) in [4.78, 5) is 15.9. The molecule has 124 valence electrons. The number of thioether (sulfide) groups is 1. The van der Waals surface area contributed by atoms with E-state index in [0.29, 0.717) is 17.7 Å². The minimum absolute atomic E-state index is 0.138. The van der Waals surface area contributed by atoms with Crippen molar-refractivity contribution >= 4 is 39.3 Å². The maximum absolute atomic E-state index is 12.0. The number of carbonyl (C=O) groups is 1. The number of hydrogen-bond acceptors (Lipinski definition) is 7. The van der Waals surface area contributed by atoms with Gasteiger partial charge in [0, 0.05) is 10.2 Å². The lowest BCUT2D eigenvalue weighted by Crippen LogP contribution is -2.14. The largest absolute Gasteiger partial charge is 0.414 e. The van der Waals surface area contributed by atoms with Gasteiger partial charge in [0.1, 0.15) is 19.2 Å². The molecular weight excluding hydrogens is 396 g/mol. The second-order valence-corrected chi connectivity index (χ2v) is 6.69. The van der Waals surface area contributed by atoms with E-state index in [9.17, 15) is 4.79 Å². The lowest BCUT2D eigenvalue weighted by molar-refractivity contribution is -0.113.